The van der Waals surface area contributed by atoms with E-state index >= 15 is 0 Å². The molecule has 2 aliphatic rings. The molecule has 5 nitrogen and oxygen atoms in total. The Balaban J connectivity index is 1.61. The monoisotopic (exact) mass is 426 g/mol. The van der Waals surface area contributed by atoms with Gasteiger partial charge in [0.25, 0.3) is 11.8 Å². The van der Waals surface area contributed by atoms with Gasteiger partial charge in [-0.3, -0.25) is 14.5 Å². The summed E-state index contributed by atoms with van der Waals surface area (Å²) in [4.78, 5) is 27.5. The van der Waals surface area contributed by atoms with Gasteiger partial charge >= 0.3 is 0 Å². The second-order valence-corrected chi connectivity index (χ2v) is 8.44. The van der Waals surface area contributed by atoms with Crippen molar-refractivity contribution in [2.45, 2.75) is 4.87 Å². The summed E-state index contributed by atoms with van der Waals surface area (Å²) in [6, 6.07) is 23.5. The molecule has 1 fully saturated rings. The number of allylic oxidation sites excluding steroid dienone is 2. The quantitative estimate of drug-likeness (QED) is 0.586. The smallest absolute Gasteiger partial charge is 0.266 e. The summed E-state index contributed by atoms with van der Waals surface area (Å²) >= 11 is 1.23. The number of nitrogens with zero attached hydrogens (tertiary/aromatic N) is 1. The first-order valence-corrected chi connectivity index (χ1v) is 10.6. The Bertz CT molecular complexity index is 1240. The Labute approximate surface area is 183 Å². The van der Waals surface area contributed by atoms with Gasteiger partial charge in [-0.05, 0) is 42.0 Å². The molecule has 5 rings (SSSR count). The summed E-state index contributed by atoms with van der Waals surface area (Å²) in [5, 5.41) is 12.6. The topological polar surface area (TPSA) is 69.6 Å². The Morgan fingerprint density at radius 3 is 2.39 bits per heavy atom. The molecule has 2 heterocycles. The van der Waals surface area contributed by atoms with Gasteiger partial charge in [0.05, 0.1) is 4.91 Å². The molecule has 2 N–H and O–H groups in total. The number of phenolic OH excluding ortho intramolecular Hbond substituents is 1. The molecular formula is C25H18N2O3S. The Kier molecular flexibility index (Phi) is 4.64. The van der Waals surface area contributed by atoms with Gasteiger partial charge in [0.15, 0.2) is 0 Å². The molecule has 0 radical (unpaired) electrons. The van der Waals surface area contributed by atoms with Gasteiger partial charge in [-0.25, -0.2) is 0 Å². The average Bonchev–Trinajstić information content (AvgIpc) is 3.24. The second-order valence-electron chi connectivity index (χ2n) is 7.20. The molecule has 152 valence electrons. The molecule has 31 heavy (non-hydrogen) atoms. The fraction of sp³-hybridized carbons (Fsp3) is 0.0400. The predicted molar refractivity (Wildman–Crippen MR) is 123 cm³/mol. The van der Waals surface area contributed by atoms with E-state index in [2.05, 4.69) is 5.32 Å². The Morgan fingerprint density at radius 1 is 0.903 bits per heavy atom. The molecule has 0 bridgehead atoms. The number of carbonyl (C=O) groups excluding carboxylic acids is 2. The molecule has 6 heteroatoms. The number of thioether (sulfide) groups is 1. The lowest BCUT2D eigenvalue weighted by molar-refractivity contribution is -0.121. The number of anilines is 2. The molecule has 0 unspecified atom stereocenters. The summed E-state index contributed by atoms with van der Waals surface area (Å²) < 4.78 is 0. The van der Waals surface area contributed by atoms with Crippen LogP contribution in [0.4, 0.5) is 11.4 Å². The van der Waals surface area contributed by atoms with Crippen molar-refractivity contribution in [1.29, 1.82) is 0 Å². The number of para-hydroxylation sites is 1. The van der Waals surface area contributed by atoms with Crippen LogP contribution < -0.4 is 10.2 Å². The number of fused-ring (bicyclic) bond motifs is 2. The van der Waals surface area contributed by atoms with Crippen molar-refractivity contribution in [3.8, 4) is 5.75 Å². The summed E-state index contributed by atoms with van der Waals surface area (Å²) in [6.45, 7) is 0. The van der Waals surface area contributed by atoms with Crippen molar-refractivity contribution < 1.29 is 14.7 Å². The summed E-state index contributed by atoms with van der Waals surface area (Å²) in [5.41, 5.74) is 2.99. The number of nitrogens with one attached hydrogen (secondary N) is 1. The fourth-order valence-corrected chi connectivity index (χ4v) is 5.21. The predicted octanol–water partition coefficient (Wildman–Crippen LogP) is 4.87. The van der Waals surface area contributed by atoms with Gasteiger partial charge in [0, 0.05) is 16.9 Å². The molecule has 0 saturated carbocycles. The normalized spacial score (nSPS) is 21.3. The third kappa shape index (κ3) is 3.12. The number of rotatable bonds is 3. The largest absolute Gasteiger partial charge is 0.508 e. The van der Waals surface area contributed by atoms with E-state index < -0.39 is 4.87 Å². The number of benzene rings is 3. The van der Waals surface area contributed by atoms with E-state index in [1.54, 1.807) is 18.2 Å². The summed E-state index contributed by atoms with van der Waals surface area (Å²) in [6.07, 6.45) is 5.48. The standard InChI is InChI=1S/C25H18N2O3S/c28-19-15-13-18(14-16-19)27-23(29)22(12-6-9-17-7-2-1-3-8-17)31-25(27)20-10-4-5-11-21(20)26-24(25)30/h1-16,28H,(H,26,30)/b9-6+,22-12-/t25-/m1/s1. The highest BCUT2D eigenvalue weighted by Crippen LogP contribution is 2.57. The van der Waals surface area contributed by atoms with Crippen LogP contribution in [0.5, 0.6) is 5.75 Å². The number of aromatic hydroxyl groups is 1. The molecule has 0 aliphatic carbocycles. The van der Waals surface area contributed by atoms with Crippen molar-refractivity contribution in [1.82, 2.24) is 0 Å². The third-order valence-corrected chi connectivity index (χ3v) is 6.69. The zero-order valence-corrected chi connectivity index (χ0v) is 17.2. The Morgan fingerprint density at radius 2 is 1.61 bits per heavy atom. The van der Waals surface area contributed by atoms with Crippen LogP contribution in [0, 0.1) is 0 Å². The van der Waals surface area contributed by atoms with E-state index in [0.717, 1.165) is 11.1 Å². The van der Waals surface area contributed by atoms with Crippen molar-refractivity contribution >= 4 is 41.0 Å². The lowest BCUT2D eigenvalue weighted by atomic mass is 10.0. The van der Waals surface area contributed by atoms with Crippen molar-refractivity contribution in [2.75, 3.05) is 10.2 Å². The van der Waals surface area contributed by atoms with E-state index in [-0.39, 0.29) is 17.6 Å². The fourth-order valence-electron chi connectivity index (χ4n) is 3.86. The average molecular weight is 426 g/mol. The van der Waals surface area contributed by atoms with Crippen molar-refractivity contribution in [3.05, 3.63) is 107 Å². The van der Waals surface area contributed by atoms with E-state index in [4.69, 9.17) is 0 Å². The summed E-state index contributed by atoms with van der Waals surface area (Å²) in [7, 11) is 0. The minimum absolute atomic E-state index is 0.0925. The van der Waals surface area contributed by atoms with Gasteiger partial charge < -0.3 is 10.4 Å². The maximum absolute atomic E-state index is 13.5. The molecule has 3 aromatic rings. The van der Waals surface area contributed by atoms with Crippen LogP contribution in [0.1, 0.15) is 11.1 Å². The van der Waals surface area contributed by atoms with Gasteiger partial charge in [-0.1, -0.05) is 72.4 Å². The van der Waals surface area contributed by atoms with Crippen LogP contribution in [-0.4, -0.2) is 16.9 Å². The van der Waals surface area contributed by atoms with E-state index in [9.17, 15) is 14.7 Å². The molecule has 3 aromatic carbocycles. The number of amides is 2. The lowest BCUT2D eigenvalue weighted by Gasteiger charge is -2.31. The first-order valence-electron chi connectivity index (χ1n) is 9.76. The van der Waals surface area contributed by atoms with Crippen molar-refractivity contribution in [2.24, 2.45) is 0 Å². The van der Waals surface area contributed by atoms with Gasteiger partial charge in [0.1, 0.15) is 5.75 Å². The highest BCUT2D eigenvalue weighted by Gasteiger charge is 2.60. The van der Waals surface area contributed by atoms with E-state index in [1.165, 1.54) is 28.8 Å². The maximum Gasteiger partial charge on any atom is 0.266 e. The lowest BCUT2D eigenvalue weighted by Crippen LogP contribution is -2.47. The van der Waals surface area contributed by atoms with E-state index in [1.807, 2.05) is 66.7 Å². The first-order chi connectivity index (χ1) is 15.1. The number of hydrogen-bond acceptors (Lipinski definition) is 4. The highest BCUT2D eigenvalue weighted by molar-refractivity contribution is 8.06. The molecule has 2 aliphatic heterocycles. The SMILES string of the molecule is O=C1/C(=C/C=C/c2ccccc2)S[C@]2(C(=O)Nc3ccccc32)N1c1ccc(O)cc1. The zero-order chi connectivity index (χ0) is 21.4. The van der Waals surface area contributed by atoms with Gasteiger partial charge in [-0.15, -0.1) is 0 Å². The van der Waals surface area contributed by atoms with Crippen LogP contribution in [-0.2, 0) is 14.5 Å². The second kappa shape index (κ2) is 7.49. The van der Waals surface area contributed by atoms with Crippen molar-refractivity contribution in [3.63, 3.8) is 0 Å². The number of phenols is 1. The highest BCUT2D eigenvalue weighted by atomic mass is 32.2. The molecule has 1 saturated heterocycles. The van der Waals surface area contributed by atoms with Crippen LogP contribution >= 0.6 is 11.8 Å². The summed E-state index contributed by atoms with van der Waals surface area (Å²) in [5.74, 6) is -0.439. The number of hydrogen-bond donors (Lipinski definition) is 2. The first kappa shape index (κ1) is 19.2. The van der Waals surface area contributed by atoms with Crippen LogP contribution in [0.2, 0.25) is 0 Å². The number of carbonyl (C=O) groups is 2. The van der Waals surface area contributed by atoms with Crippen LogP contribution in [0.15, 0.2) is 95.9 Å². The maximum atomic E-state index is 13.5. The van der Waals surface area contributed by atoms with Crippen LogP contribution in [0.3, 0.4) is 0 Å². The molecule has 1 spiro atoms. The molecule has 0 aromatic heterocycles. The van der Waals surface area contributed by atoms with Gasteiger partial charge in [0.2, 0.25) is 4.87 Å². The zero-order valence-electron chi connectivity index (χ0n) is 16.4. The van der Waals surface area contributed by atoms with E-state index in [0.29, 0.717) is 16.3 Å². The third-order valence-electron chi connectivity index (χ3n) is 5.28. The molecule has 2 amide bonds. The van der Waals surface area contributed by atoms with Crippen LogP contribution in [0.25, 0.3) is 6.08 Å². The molecular weight excluding hydrogens is 408 g/mol. The molecule has 1 atom stereocenters. The Hall–Kier alpha value is -3.77. The minimum Gasteiger partial charge on any atom is -0.508 e. The van der Waals surface area contributed by atoms with Gasteiger partial charge in [-0.2, -0.15) is 0 Å². The minimum atomic E-state index is -1.24.